The zero-order chi connectivity index (χ0) is 15.7. The molecule has 1 aliphatic rings. The van der Waals surface area contributed by atoms with Crippen molar-refractivity contribution in [1.29, 1.82) is 0 Å². The summed E-state index contributed by atoms with van der Waals surface area (Å²) in [5, 5.41) is 0.461. The number of nitrogens with zero attached hydrogens (tertiary/aromatic N) is 1. The van der Waals surface area contributed by atoms with Gasteiger partial charge < -0.3 is 0 Å². The normalized spacial score (nSPS) is 16.7. The molecule has 0 unspecified atom stereocenters. The highest BCUT2D eigenvalue weighted by Crippen LogP contribution is 2.38. The van der Waals surface area contributed by atoms with E-state index in [4.69, 9.17) is 0 Å². The van der Waals surface area contributed by atoms with Crippen molar-refractivity contribution < 1.29 is 4.58 Å². The van der Waals surface area contributed by atoms with Gasteiger partial charge in [0.1, 0.15) is 12.3 Å². The van der Waals surface area contributed by atoms with E-state index in [1.807, 2.05) is 0 Å². The highest BCUT2D eigenvalue weighted by Gasteiger charge is 2.34. The molecule has 0 spiro atoms. The van der Waals surface area contributed by atoms with Crippen molar-refractivity contribution in [1.82, 2.24) is 0 Å². The lowest BCUT2D eigenvalue weighted by Crippen LogP contribution is -2.39. The van der Waals surface area contributed by atoms with Gasteiger partial charge in [-0.2, -0.15) is 0 Å². The van der Waals surface area contributed by atoms with E-state index in [-0.39, 0.29) is 0 Å². The maximum absolute atomic E-state index is 2.55. The van der Waals surface area contributed by atoms with Gasteiger partial charge in [0.05, 0.1) is 8.07 Å². The third-order valence-electron chi connectivity index (χ3n) is 5.55. The lowest BCUT2D eigenvalue weighted by molar-refractivity contribution is -0.536. The van der Waals surface area contributed by atoms with E-state index in [9.17, 15) is 0 Å². The molecule has 1 heterocycles. The Bertz CT molecular complexity index is 535. The van der Waals surface area contributed by atoms with Crippen molar-refractivity contribution in [2.45, 2.75) is 71.3 Å². The standard InChI is InChI=1S/C19H32NSi/c1-16-9-8-12-20(16)14-17-10-7-11-18(13-17)15-21(5,6)19(2,3)4/h7,10-11,13H,8-9,12,14-15H2,1-6H3/q+1. The molecule has 1 aliphatic heterocycles. The van der Waals surface area contributed by atoms with Crippen LogP contribution in [0.25, 0.3) is 0 Å². The maximum Gasteiger partial charge on any atom is 0.168 e. The molecule has 0 saturated carbocycles. The van der Waals surface area contributed by atoms with Gasteiger partial charge in [-0.1, -0.05) is 57.6 Å². The van der Waals surface area contributed by atoms with Gasteiger partial charge in [0.2, 0.25) is 0 Å². The monoisotopic (exact) mass is 302 g/mol. The zero-order valence-corrected chi connectivity index (χ0v) is 15.8. The van der Waals surface area contributed by atoms with Gasteiger partial charge in [0.15, 0.2) is 6.54 Å². The molecule has 2 heteroatoms. The maximum atomic E-state index is 2.55. The summed E-state index contributed by atoms with van der Waals surface area (Å²) in [4.78, 5) is 0. The van der Waals surface area contributed by atoms with Gasteiger partial charge in [-0.15, -0.1) is 0 Å². The van der Waals surface area contributed by atoms with E-state index in [0.717, 1.165) is 6.54 Å². The Kier molecular flexibility index (Phi) is 4.77. The van der Waals surface area contributed by atoms with Gasteiger partial charge in [-0.3, -0.25) is 0 Å². The first-order valence-electron chi connectivity index (χ1n) is 8.34. The second-order valence-corrected chi connectivity index (χ2v) is 14.0. The lowest BCUT2D eigenvalue weighted by Gasteiger charge is -2.37. The molecule has 116 valence electrons. The third-order valence-corrected chi connectivity index (χ3v) is 10.9. The van der Waals surface area contributed by atoms with Crippen LogP contribution in [0.2, 0.25) is 18.1 Å². The Morgan fingerprint density at radius 1 is 1.14 bits per heavy atom. The second-order valence-electron chi connectivity index (χ2n) is 8.39. The van der Waals surface area contributed by atoms with E-state index >= 15 is 0 Å². The van der Waals surface area contributed by atoms with Crippen LogP contribution in [0, 0.1) is 0 Å². The second kappa shape index (κ2) is 6.08. The third kappa shape index (κ3) is 4.06. The van der Waals surface area contributed by atoms with Crippen LogP contribution in [0.15, 0.2) is 24.3 Å². The minimum atomic E-state index is -1.25. The summed E-state index contributed by atoms with van der Waals surface area (Å²) in [7, 11) is -1.25. The fraction of sp³-hybridized carbons (Fsp3) is 0.632. The number of hydrogen-bond acceptors (Lipinski definition) is 0. The van der Waals surface area contributed by atoms with Crippen LogP contribution in [0.5, 0.6) is 0 Å². The van der Waals surface area contributed by atoms with Crippen LogP contribution in [0.3, 0.4) is 0 Å². The minimum Gasteiger partial charge on any atom is -0.233 e. The van der Waals surface area contributed by atoms with Gasteiger partial charge in [0.25, 0.3) is 0 Å². The topological polar surface area (TPSA) is 3.01 Å². The number of benzene rings is 1. The SMILES string of the molecule is CC1=[N+](Cc2cccc(C[Si](C)(C)C(C)(C)C)c2)CCC1. The molecule has 0 amide bonds. The molecular formula is C19H32NSi+. The lowest BCUT2D eigenvalue weighted by atomic mass is 10.1. The molecule has 0 fully saturated rings. The van der Waals surface area contributed by atoms with E-state index in [1.165, 1.54) is 36.6 Å². The van der Waals surface area contributed by atoms with Crippen molar-refractivity contribution in [3.05, 3.63) is 35.4 Å². The van der Waals surface area contributed by atoms with Crippen molar-refractivity contribution >= 4 is 13.8 Å². The summed E-state index contributed by atoms with van der Waals surface area (Å²) in [6.07, 6.45) is 2.61. The highest BCUT2D eigenvalue weighted by atomic mass is 28.3. The quantitative estimate of drug-likeness (QED) is 0.541. The summed E-state index contributed by atoms with van der Waals surface area (Å²) in [5.41, 5.74) is 4.58. The molecule has 1 aromatic carbocycles. The number of rotatable bonds is 4. The molecule has 0 radical (unpaired) electrons. The van der Waals surface area contributed by atoms with E-state index in [1.54, 1.807) is 5.71 Å². The Hall–Kier alpha value is -0.893. The molecule has 0 atom stereocenters. The Balaban J connectivity index is 2.13. The van der Waals surface area contributed by atoms with Crippen molar-refractivity contribution in [3.63, 3.8) is 0 Å². The Morgan fingerprint density at radius 2 is 1.81 bits per heavy atom. The molecule has 1 nitrogen and oxygen atoms in total. The van der Waals surface area contributed by atoms with Crippen LogP contribution in [-0.2, 0) is 12.6 Å². The van der Waals surface area contributed by atoms with E-state index < -0.39 is 8.07 Å². The van der Waals surface area contributed by atoms with Crippen molar-refractivity contribution in [2.24, 2.45) is 0 Å². The smallest absolute Gasteiger partial charge is 0.168 e. The van der Waals surface area contributed by atoms with Crippen LogP contribution >= 0.6 is 0 Å². The first kappa shape index (κ1) is 16.5. The molecule has 2 rings (SSSR count). The molecule has 0 N–H and O–H groups in total. The van der Waals surface area contributed by atoms with E-state index in [0.29, 0.717) is 5.04 Å². The summed E-state index contributed by atoms with van der Waals surface area (Å²) in [6.45, 7) is 16.9. The van der Waals surface area contributed by atoms with Gasteiger partial charge in [0, 0.05) is 25.3 Å². The number of hydrogen-bond donors (Lipinski definition) is 0. The summed E-state index contributed by atoms with van der Waals surface area (Å²) in [6, 6.07) is 10.6. The van der Waals surface area contributed by atoms with Crippen LogP contribution in [-0.4, -0.2) is 24.9 Å². The van der Waals surface area contributed by atoms with E-state index in [2.05, 4.69) is 69.6 Å². The zero-order valence-electron chi connectivity index (χ0n) is 14.8. The summed E-state index contributed by atoms with van der Waals surface area (Å²) < 4.78 is 2.55. The van der Waals surface area contributed by atoms with Crippen LogP contribution in [0.1, 0.15) is 51.7 Å². The molecule has 21 heavy (non-hydrogen) atoms. The predicted octanol–water partition coefficient (Wildman–Crippen LogP) is 5.04. The molecule has 1 aromatic rings. The highest BCUT2D eigenvalue weighted by molar-refractivity contribution is 6.79. The Labute approximate surface area is 132 Å². The molecular weight excluding hydrogens is 270 g/mol. The van der Waals surface area contributed by atoms with Crippen LogP contribution < -0.4 is 0 Å². The van der Waals surface area contributed by atoms with Gasteiger partial charge in [-0.05, 0) is 17.1 Å². The molecule has 0 aliphatic carbocycles. The van der Waals surface area contributed by atoms with Crippen molar-refractivity contribution in [2.75, 3.05) is 6.54 Å². The summed E-state index contributed by atoms with van der Waals surface area (Å²) in [5.74, 6) is 0. The summed E-state index contributed by atoms with van der Waals surface area (Å²) >= 11 is 0. The molecule has 0 aromatic heterocycles. The predicted molar refractivity (Wildman–Crippen MR) is 96.1 cm³/mol. The van der Waals surface area contributed by atoms with Gasteiger partial charge >= 0.3 is 0 Å². The fourth-order valence-corrected chi connectivity index (χ4v) is 4.69. The van der Waals surface area contributed by atoms with Crippen molar-refractivity contribution in [3.8, 4) is 0 Å². The fourth-order valence-electron chi connectivity index (χ4n) is 2.92. The largest absolute Gasteiger partial charge is 0.233 e. The average Bonchev–Trinajstić information content (AvgIpc) is 2.73. The van der Waals surface area contributed by atoms with Gasteiger partial charge in [-0.25, -0.2) is 4.58 Å². The first-order chi connectivity index (χ1) is 9.69. The molecule has 0 saturated heterocycles. The molecule has 0 bridgehead atoms. The van der Waals surface area contributed by atoms with Crippen LogP contribution in [0.4, 0.5) is 0 Å². The average molecular weight is 303 g/mol. The Morgan fingerprint density at radius 3 is 2.38 bits per heavy atom. The first-order valence-corrected chi connectivity index (χ1v) is 11.5. The minimum absolute atomic E-state index is 0.461.